The molecule has 2 atom stereocenters. The number of hydrogen-bond acceptors (Lipinski definition) is 4. The van der Waals surface area contributed by atoms with E-state index in [0.717, 1.165) is 0 Å². The van der Waals surface area contributed by atoms with E-state index in [2.05, 4.69) is 13.2 Å². The molecule has 1 heterocycles. The molecule has 1 saturated heterocycles. The van der Waals surface area contributed by atoms with Gasteiger partial charge in [0.15, 0.2) is 0 Å². The molecule has 1 aliphatic rings. The van der Waals surface area contributed by atoms with Crippen LogP contribution in [0.15, 0.2) is 13.2 Å². The van der Waals surface area contributed by atoms with Crippen molar-refractivity contribution in [2.45, 2.75) is 58.8 Å². The van der Waals surface area contributed by atoms with Crippen molar-refractivity contribution in [2.75, 3.05) is 13.1 Å². The predicted octanol–water partition coefficient (Wildman–Crippen LogP) is 2.14. The van der Waals surface area contributed by atoms with Crippen LogP contribution in [0, 0.1) is 0 Å². The van der Waals surface area contributed by atoms with Crippen molar-refractivity contribution in [3.63, 3.8) is 0 Å². The molecule has 3 N–H and O–H groups in total. The molecule has 0 aromatic rings. The number of ether oxygens (including phenoxy) is 1. The van der Waals surface area contributed by atoms with E-state index in [-0.39, 0.29) is 19.6 Å². The van der Waals surface area contributed by atoms with E-state index in [4.69, 9.17) is 10.5 Å². The first-order valence-corrected chi connectivity index (χ1v) is 6.21. The predicted molar refractivity (Wildman–Crippen MR) is 79.0 cm³/mol. The topological polar surface area (TPSA) is 75.8 Å². The number of nitrogens with zero attached hydrogens (tertiary/aromatic N) is 1. The van der Waals surface area contributed by atoms with Gasteiger partial charge >= 0.3 is 6.09 Å². The minimum Gasteiger partial charge on any atom is -0.444 e. The van der Waals surface area contributed by atoms with Gasteiger partial charge in [0.25, 0.3) is 0 Å². The maximum Gasteiger partial charge on any atom is 0.410 e. The molecule has 2 unspecified atom stereocenters. The zero-order valence-electron chi connectivity index (χ0n) is 11.7. The second-order valence-electron chi connectivity index (χ2n) is 5.25. The van der Waals surface area contributed by atoms with E-state index >= 15 is 0 Å². The molecule has 1 amide bonds. The molecule has 5 nitrogen and oxygen atoms in total. The van der Waals surface area contributed by atoms with Crippen LogP contribution < -0.4 is 5.73 Å². The number of rotatable bonds is 2. The van der Waals surface area contributed by atoms with Crippen LogP contribution in [0.1, 0.15) is 41.0 Å². The first kappa shape index (κ1) is 20.3. The maximum absolute atomic E-state index is 11.8. The number of hydrogen-bond donors (Lipinski definition) is 2. The van der Waals surface area contributed by atoms with Crippen molar-refractivity contribution in [3.8, 4) is 0 Å². The molecule has 19 heavy (non-hydrogen) atoms. The van der Waals surface area contributed by atoms with Crippen LogP contribution in [0.3, 0.4) is 0 Å². The van der Waals surface area contributed by atoms with E-state index in [9.17, 15) is 9.90 Å². The van der Waals surface area contributed by atoms with Crippen molar-refractivity contribution in [3.05, 3.63) is 13.2 Å². The molecule has 0 aromatic carbocycles. The lowest BCUT2D eigenvalue weighted by Gasteiger charge is -2.28. The molecule has 0 bridgehead atoms. The summed E-state index contributed by atoms with van der Waals surface area (Å²) in [5.74, 6) is 0. The van der Waals surface area contributed by atoms with Gasteiger partial charge in [-0.2, -0.15) is 0 Å². The summed E-state index contributed by atoms with van der Waals surface area (Å²) in [7, 11) is 0. The Balaban J connectivity index is 0. The molecule has 0 spiro atoms. The highest BCUT2D eigenvalue weighted by Gasteiger charge is 2.36. The number of aliphatic hydroxyl groups excluding tert-OH is 1. The van der Waals surface area contributed by atoms with Gasteiger partial charge in [-0.05, 0) is 40.2 Å². The molecule has 0 radical (unpaired) electrons. The third-order valence-corrected chi connectivity index (χ3v) is 2.52. The Bertz CT molecular complexity index is 264. The largest absolute Gasteiger partial charge is 0.444 e. The van der Waals surface area contributed by atoms with Crippen LogP contribution >= 0.6 is 0 Å². The quantitative estimate of drug-likeness (QED) is 0.756. The van der Waals surface area contributed by atoms with Crippen LogP contribution in [0.4, 0.5) is 4.79 Å². The van der Waals surface area contributed by atoms with Gasteiger partial charge in [0.05, 0.1) is 12.6 Å². The van der Waals surface area contributed by atoms with Gasteiger partial charge in [-0.3, -0.25) is 0 Å². The second-order valence-corrected chi connectivity index (χ2v) is 5.25. The Morgan fingerprint density at radius 1 is 1.47 bits per heavy atom. The van der Waals surface area contributed by atoms with Crippen LogP contribution in [0.2, 0.25) is 0 Å². The molecule has 0 saturated carbocycles. The van der Waals surface area contributed by atoms with Crippen LogP contribution in [0.25, 0.3) is 0 Å². The molecule has 1 aliphatic heterocycles. The van der Waals surface area contributed by atoms with E-state index in [1.54, 1.807) is 4.90 Å². The Morgan fingerprint density at radius 3 is 2.42 bits per heavy atom. The Hall–Kier alpha value is -1.07. The fourth-order valence-electron chi connectivity index (χ4n) is 1.90. The highest BCUT2D eigenvalue weighted by atomic mass is 16.6. The molecule has 0 aromatic heterocycles. The Labute approximate surface area is 117 Å². The van der Waals surface area contributed by atoms with Crippen LogP contribution in [-0.4, -0.2) is 46.9 Å². The zero-order chi connectivity index (χ0) is 14.3. The SMILES string of the molecule is C.C=C.CC(C)(C)OC(=O)N1CC(O)CC1CCN. The lowest BCUT2D eigenvalue weighted by molar-refractivity contribution is 0.0204. The molecule has 0 aliphatic carbocycles. The molecule has 5 heteroatoms. The highest BCUT2D eigenvalue weighted by Crippen LogP contribution is 2.22. The first-order valence-electron chi connectivity index (χ1n) is 6.21. The molecular formula is C14H30N2O3. The normalized spacial score (nSPS) is 22.1. The van der Waals surface area contributed by atoms with Gasteiger partial charge in [0.1, 0.15) is 5.60 Å². The van der Waals surface area contributed by atoms with Gasteiger partial charge in [-0.15, -0.1) is 13.2 Å². The van der Waals surface area contributed by atoms with Gasteiger partial charge in [0.2, 0.25) is 0 Å². The Kier molecular flexibility index (Phi) is 9.52. The number of carbonyl (C=O) groups excluding carboxylic acids is 1. The van der Waals surface area contributed by atoms with Gasteiger partial charge in [-0.1, -0.05) is 7.43 Å². The van der Waals surface area contributed by atoms with Crippen molar-refractivity contribution in [2.24, 2.45) is 5.73 Å². The monoisotopic (exact) mass is 274 g/mol. The minimum absolute atomic E-state index is 0. The molecule has 114 valence electrons. The number of amides is 1. The lowest BCUT2D eigenvalue weighted by Crippen LogP contribution is -2.40. The van der Waals surface area contributed by atoms with Crippen molar-refractivity contribution >= 4 is 6.09 Å². The third-order valence-electron chi connectivity index (χ3n) is 2.52. The summed E-state index contributed by atoms with van der Waals surface area (Å²) in [6.07, 6.45) is 0.485. The zero-order valence-corrected chi connectivity index (χ0v) is 11.7. The van der Waals surface area contributed by atoms with E-state index in [1.165, 1.54) is 0 Å². The van der Waals surface area contributed by atoms with Crippen LogP contribution in [0.5, 0.6) is 0 Å². The summed E-state index contributed by atoms with van der Waals surface area (Å²) in [5.41, 5.74) is 4.98. The summed E-state index contributed by atoms with van der Waals surface area (Å²) < 4.78 is 5.28. The third kappa shape index (κ3) is 7.18. The standard InChI is InChI=1S/C11H22N2O3.C2H4.CH4/c1-11(2,3)16-10(15)13-7-9(14)6-8(13)4-5-12;1-2;/h8-9,14H,4-7,12H2,1-3H3;1-2H2;1H4. The fraction of sp³-hybridized carbons (Fsp3) is 0.786. The average molecular weight is 274 g/mol. The summed E-state index contributed by atoms with van der Waals surface area (Å²) in [4.78, 5) is 13.4. The second kappa shape index (κ2) is 8.93. The summed E-state index contributed by atoms with van der Waals surface area (Å²) in [6, 6.07) is 0.00912. The lowest BCUT2D eigenvalue weighted by atomic mass is 10.1. The van der Waals surface area contributed by atoms with E-state index in [0.29, 0.717) is 25.9 Å². The van der Waals surface area contributed by atoms with Crippen LogP contribution in [-0.2, 0) is 4.74 Å². The van der Waals surface area contributed by atoms with Gasteiger partial charge in [-0.25, -0.2) is 4.79 Å². The number of nitrogens with two attached hydrogens (primary N) is 1. The number of carbonyl (C=O) groups is 1. The summed E-state index contributed by atoms with van der Waals surface area (Å²) >= 11 is 0. The smallest absolute Gasteiger partial charge is 0.410 e. The first-order chi connectivity index (χ1) is 8.33. The maximum atomic E-state index is 11.8. The average Bonchev–Trinajstić information content (AvgIpc) is 2.61. The molecular weight excluding hydrogens is 244 g/mol. The Morgan fingerprint density at radius 2 is 2.00 bits per heavy atom. The number of β-amino-alcohol motifs (C(OH)–C–C–N with tert-alkyl or cyclic N) is 1. The minimum atomic E-state index is -0.502. The highest BCUT2D eigenvalue weighted by molar-refractivity contribution is 5.69. The molecule has 1 rings (SSSR count). The van der Waals surface area contributed by atoms with Crippen molar-refractivity contribution in [1.29, 1.82) is 0 Å². The summed E-state index contributed by atoms with van der Waals surface area (Å²) in [6.45, 7) is 12.3. The van der Waals surface area contributed by atoms with E-state index < -0.39 is 11.7 Å². The summed E-state index contributed by atoms with van der Waals surface area (Å²) in [5, 5.41) is 9.55. The number of likely N-dealkylation sites (tertiary alicyclic amines) is 1. The fourth-order valence-corrected chi connectivity index (χ4v) is 1.90. The molecule has 1 fully saturated rings. The van der Waals surface area contributed by atoms with Gasteiger partial charge in [0, 0.05) is 6.04 Å². The number of aliphatic hydroxyl groups is 1. The van der Waals surface area contributed by atoms with E-state index in [1.807, 2.05) is 20.8 Å². The van der Waals surface area contributed by atoms with Crippen molar-refractivity contribution < 1.29 is 14.6 Å². The van der Waals surface area contributed by atoms with Gasteiger partial charge < -0.3 is 20.5 Å². The van der Waals surface area contributed by atoms with Crippen molar-refractivity contribution in [1.82, 2.24) is 4.90 Å².